The number of imidazole rings is 1. The summed E-state index contributed by atoms with van der Waals surface area (Å²) in [7, 11) is -3.41. The molecule has 118 valence electrons. The van der Waals surface area contributed by atoms with Gasteiger partial charge in [0.1, 0.15) is 5.82 Å². The van der Waals surface area contributed by atoms with E-state index in [1.54, 1.807) is 10.5 Å². The van der Waals surface area contributed by atoms with E-state index in [9.17, 15) is 8.42 Å². The lowest BCUT2D eigenvalue weighted by Crippen LogP contribution is -2.43. The SMILES string of the molecule is Cl.O=S(=O)(c1cnc2n1CCC2)N1C2CCNCC1CC2. The fraction of sp³-hybridized carbons (Fsp3) is 0.769. The molecule has 2 bridgehead atoms. The molecule has 0 aromatic carbocycles. The Balaban J connectivity index is 0.00000132. The van der Waals surface area contributed by atoms with Crippen LogP contribution in [0.2, 0.25) is 0 Å². The third kappa shape index (κ3) is 2.30. The van der Waals surface area contributed by atoms with Crippen LogP contribution in [0.4, 0.5) is 0 Å². The summed E-state index contributed by atoms with van der Waals surface area (Å²) in [4.78, 5) is 4.29. The number of aromatic nitrogens is 2. The molecule has 0 aliphatic carbocycles. The molecular weight excluding hydrogens is 312 g/mol. The van der Waals surface area contributed by atoms with E-state index in [4.69, 9.17) is 0 Å². The van der Waals surface area contributed by atoms with Crippen molar-refractivity contribution >= 4 is 22.4 Å². The standard InChI is InChI=1S/C13H20N4O2S.ClH/c18-20(19,13-9-15-12-2-1-7-16(12)13)17-10-3-4-11(17)8-14-6-5-10;/h9-11,14H,1-8H2;1H. The lowest BCUT2D eigenvalue weighted by atomic mass is 10.1. The maximum Gasteiger partial charge on any atom is 0.260 e. The van der Waals surface area contributed by atoms with Gasteiger partial charge in [-0.15, -0.1) is 12.4 Å². The van der Waals surface area contributed by atoms with E-state index in [0.29, 0.717) is 5.03 Å². The van der Waals surface area contributed by atoms with Gasteiger partial charge in [0.05, 0.1) is 6.20 Å². The van der Waals surface area contributed by atoms with Crippen LogP contribution in [0.3, 0.4) is 0 Å². The monoisotopic (exact) mass is 332 g/mol. The zero-order chi connectivity index (χ0) is 13.7. The second-order valence-corrected chi connectivity index (χ2v) is 7.77. The van der Waals surface area contributed by atoms with Gasteiger partial charge < -0.3 is 9.88 Å². The molecule has 6 nitrogen and oxygen atoms in total. The second kappa shape index (κ2) is 5.53. The average Bonchev–Trinajstić information content (AvgIpc) is 3.01. The smallest absolute Gasteiger partial charge is 0.260 e. The Labute approximate surface area is 131 Å². The summed E-state index contributed by atoms with van der Waals surface area (Å²) in [5.41, 5.74) is 0. The van der Waals surface area contributed by atoms with Crippen molar-refractivity contribution in [1.29, 1.82) is 0 Å². The second-order valence-electron chi connectivity index (χ2n) is 5.98. The maximum atomic E-state index is 13.1. The number of hydrogen-bond acceptors (Lipinski definition) is 4. The Hall–Kier alpha value is -0.630. The molecule has 3 aliphatic heterocycles. The predicted octanol–water partition coefficient (Wildman–Crippen LogP) is 0.766. The summed E-state index contributed by atoms with van der Waals surface area (Å²) in [6.07, 6.45) is 6.33. The van der Waals surface area contributed by atoms with Gasteiger partial charge in [-0.3, -0.25) is 0 Å². The fourth-order valence-electron chi connectivity index (χ4n) is 3.88. The highest BCUT2D eigenvalue weighted by Crippen LogP contribution is 2.34. The topological polar surface area (TPSA) is 67.2 Å². The molecule has 1 aromatic heterocycles. The molecule has 21 heavy (non-hydrogen) atoms. The van der Waals surface area contributed by atoms with Crippen LogP contribution in [0, 0.1) is 0 Å². The molecule has 2 atom stereocenters. The molecule has 0 saturated carbocycles. The minimum Gasteiger partial charge on any atom is -0.318 e. The van der Waals surface area contributed by atoms with Gasteiger partial charge in [-0.1, -0.05) is 0 Å². The quantitative estimate of drug-likeness (QED) is 0.868. The van der Waals surface area contributed by atoms with Crippen LogP contribution >= 0.6 is 12.4 Å². The highest BCUT2D eigenvalue weighted by molar-refractivity contribution is 7.89. The van der Waals surface area contributed by atoms with Crippen LogP contribution in [0.15, 0.2) is 11.2 Å². The Bertz CT molecular complexity index is 616. The van der Waals surface area contributed by atoms with Gasteiger partial charge in [0, 0.05) is 31.6 Å². The number of halogens is 1. The summed E-state index contributed by atoms with van der Waals surface area (Å²) in [5, 5.41) is 3.76. The van der Waals surface area contributed by atoms with Crippen LogP contribution in [0.5, 0.6) is 0 Å². The molecule has 2 fully saturated rings. The third-order valence-corrected chi connectivity index (χ3v) is 6.82. The van der Waals surface area contributed by atoms with Crippen molar-refractivity contribution in [2.24, 2.45) is 0 Å². The van der Waals surface area contributed by atoms with Crippen LogP contribution in [0.1, 0.15) is 31.5 Å². The maximum absolute atomic E-state index is 13.1. The summed E-state index contributed by atoms with van der Waals surface area (Å²) < 4.78 is 29.8. The first-order chi connectivity index (χ1) is 9.68. The van der Waals surface area contributed by atoms with Crippen LogP contribution in [-0.4, -0.2) is 47.4 Å². The first-order valence-electron chi connectivity index (χ1n) is 7.46. The number of nitrogens with one attached hydrogen (secondary N) is 1. The fourth-order valence-corrected chi connectivity index (χ4v) is 5.93. The normalized spacial score (nSPS) is 29.0. The van der Waals surface area contributed by atoms with Gasteiger partial charge in [-0.05, 0) is 32.2 Å². The average molecular weight is 333 g/mol. The van der Waals surface area contributed by atoms with E-state index < -0.39 is 10.0 Å². The van der Waals surface area contributed by atoms with E-state index in [-0.39, 0.29) is 24.5 Å². The molecule has 2 saturated heterocycles. The highest BCUT2D eigenvalue weighted by atomic mass is 35.5. The lowest BCUT2D eigenvalue weighted by Gasteiger charge is -2.26. The number of sulfonamides is 1. The van der Waals surface area contributed by atoms with E-state index in [1.807, 2.05) is 4.57 Å². The summed E-state index contributed by atoms with van der Waals surface area (Å²) >= 11 is 0. The number of aryl methyl sites for hydroxylation is 1. The highest BCUT2D eigenvalue weighted by Gasteiger charge is 2.44. The molecule has 2 unspecified atom stereocenters. The Kier molecular flexibility index (Phi) is 4.02. The van der Waals surface area contributed by atoms with Gasteiger partial charge in [-0.25, -0.2) is 13.4 Å². The van der Waals surface area contributed by atoms with Crippen molar-refractivity contribution < 1.29 is 8.42 Å². The number of hydrogen-bond donors (Lipinski definition) is 1. The molecule has 4 heterocycles. The van der Waals surface area contributed by atoms with Crippen molar-refractivity contribution in [3.63, 3.8) is 0 Å². The molecule has 1 N–H and O–H groups in total. The van der Waals surface area contributed by atoms with E-state index in [1.165, 1.54) is 0 Å². The van der Waals surface area contributed by atoms with Crippen molar-refractivity contribution in [2.45, 2.75) is 55.8 Å². The zero-order valence-electron chi connectivity index (χ0n) is 11.9. The molecule has 0 amide bonds. The Morgan fingerprint density at radius 1 is 1.24 bits per heavy atom. The Morgan fingerprint density at radius 3 is 2.90 bits per heavy atom. The molecule has 8 heteroatoms. The van der Waals surface area contributed by atoms with Gasteiger partial charge >= 0.3 is 0 Å². The molecule has 4 rings (SSSR count). The largest absolute Gasteiger partial charge is 0.318 e. The molecule has 0 radical (unpaired) electrons. The van der Waals surface area contributed by atoms with Crippen molar-refractivity contribution in [3.8, 4) is 0 Å². The van der Waals surface area contributed by atoms with Crippen molar-refractivity contribution in [3.05, 3.63) is 12.0 Å². The lowest BCUT2D eigenvalue weighted by molar-refractivity contribution is 0.331. The summed E-state index contributed by atoms with van der Waals surface area (Å²) in [5.74, 6) is 0.920. The third-order valence-electron chi connectivity index (χ3n) is 4.81. The first kappa shape index (κ1) is 15.3. The minimum atomic E-state index is -3.41. The van der Waals surface area contributed by atoms with Gasteiger partial charge in [0.2, 0.25) is 0 Å². The molecule has 0 spiro atoms. The van der Waals surface area contributed by atoms with Crippen LogP contribution in [0.25, 0.3) is 0 Å². The van der Waals surface area contributed by atoms with E-state index in [0.717, 1.165) is 57.6 Å². The van der Waals surface area contributed by atoms with Crippen molar-refractivity contribution in [2.75, 3.05) is 13.1 Å². The van der Waals surface area contributed by atoms with Gasteiger partial charge in [0.15, 0.2) is 5.03 Å². The van der Waals surface area contributed by atoms with Gasteiger partial charge in [-0.2, -0.15) is 4.31 Å². The van der Waals surface area contributed by atoms with Crippen molar-refractivity contribution in [1.82, 2.24) is 19.2 Å². The first-order valence-corrected chi connectivity index (χ1v) is 8.90. The number of fused-ring (bicyclic) bond motifs is 3. The van der Waals surface area contributed by atoms with Crippen LogP contribution < -0.4 is 5.32 Å². The van der Waals surface area contributed by atoms with E-state index in [2.05, 4.69) is 10.3 Å². The number of nitrogens with zero attached hydrogens (tertiary/aromatic N) is 3. The molecule has 1 aromatic rings. The minimum absolute atomic E-state index is 0. The van der Waals surface area contributed by atoms with Gasteiger partial charge in [0.25, 0.3) is 10.0 Å². The Morgan fingerprint density at radius 2 is 2.05 bits per heavy atom. The summed E-state index contributed by atoms with van der Waals surface area (Å²) in [6.45, 7) is 2.47. The summed E-state index contributed by atoms with van der Waals surface area (Å²) in [6, 6.07) is 0.271. The van der Waals surface area contributed by atoms with E-state index >= 15 is 0 Å². The zero-order valence-corrected chi connectivity index (χ0v) is 13.5. The molecule has 3 aliphatic rings. The van der Waals surface area contributed by atoms with Crippen LogP contribution in [-0.2, 0) is 23.0 Å². The number of rotatable bonds is 2. The predicted molar refractivity (Wildman–Crippen MR) is 81.1 cm³/mol. The molecular formula is C13H21ClN4O2S.